The number of carbonyl (C=O) groups excluding carboxylic acids is 1. The first-order valence-corrected chi connectivity index (χ1v) is 9.04. The van der Waals surface area contributed by atoms with Gasteiger partial charge in [-0.2, -0.15) is 0 Å². The molecule has 3 rings (SSSR count). The highest BCUT2D eigenvalue weighted by molar-refractivity contribution is 5.82. The lowest BCUT2D eigenvalue weighted by Gasteiger charge is -2.38. The molecule has 23 heavy (non-hydrogen) atoms. The molecule has 0 radical (unpaired) electrons. The normalized spacial score (nSPS) is 29.2. The van der Waals surface area contributed by atoms with Crippen LogP contribution in [0, 0.1) is 0 Å². The third kappa shape index (κ3) is 4.55. The lowest BCUT2D eigenvalue weighted by atomic mass is 9.96. The maximum absolute atomic E-state index is 12.4. The van der Waals surface area contributed by atoms with Crippen molar-refractivity contribution in [3.8, 4) is 0 Å². The number of nitrogens with zero attached hydrogens (tertiary/aromatic N) is 1. The summed E-state index contributed by atoms with van der Waals surface area (Å²) in [6.45, 7) is 5.32. The van der Waals surface area contributed by atoms with E-state index in [4.69, 9.17) is 0 Å². The maximum Gasteiger partial charge on any atom is 0.237 e. The fourth-order valence-electron chi connectivity index (χ4n) is 3.78. The average Bonchev–Trinajstić information content (AvgIpc) is 2.59. The molecule has 0 spiro atoms. The van der Waals surface area contributed by atoms with E-state index in [2.05, 4.69) is 52.8 Å². The molecule has 2 saturated heterocycles. The van der Waals surface area contributed by atoms with Gasteiger partial charge >= 0.3 is 0 Å². The van der Waals surface area contributed by atoms with Crippen molar-refractivity contribution in [3.63, 3.8) is 0 Å². The van der Waals surface area contributed by atoms with Crippen molar-refractivity contribution >= 4 is 5.91 Å². The highest BCUT2D eigenvalue weighted by Crippen LogP contribution is 2.20. The van der Waals surface area contributed by atoms with Gasteiger partial charge in [0.15, 0.2) is 0 Å². The topological polar surface area (TPSA) is 44.4 Å². The summed E-state index contributed by atoms with van der Waals surface area (Å²) in [5.41, 5.74) is 1.37. The molecule has 2 aliphatic heterocycles. The third-order valence-electron chi connectivity index (χ3n) is 5.22. The average molecular weight is 315 g/mol. The predicted molar refractivity (Wildman–Crippen MR) is 93.1 cm³/mol. The van der Waals surface area contributed by atoms with E-state index in [1.54, 1.807) is 0 Å². The summed E-state index contributed by atoms with van der Waals surface area (Å²) >= 11 is 0. The van der Waals surface area contributed by atoms with Crippen LogP contribution in [0.3, 0.4) is 0 Å². The van der Waals surface area contributed by atoms with Crippen LogP contribution in [-0.2, 0) is 11.3 Å². The highest BCUT2D eigenvalue weighted by atomic mass is 16.2. The lowest BCUT2D eigenvalue weighted by Crippen LogP contribution is -2.53. The minimum Gasteiger partial charge on any atom is -0.352 e. The first-order chi connectivity index (χ1) is 11.2. The second-order valence-corrected chi connectivity index (χ2v) is 7.04. The largest absolute Gasteiger partial charge is 0.352 e. The number of hydrogen-bond acceptors (Lipinski definition) is 3. The molecule has 4 nitrogen and oxygen atoms in total. The summed E-state index contributed by atoms with van der Waals surface area (Å²) in [6, 6.07) is 11.5. The van der Waals surface area contributed by atoms with Gasteiger partial charge < -0.3 is 10.6 Å². The zero-order chi connectivity index (χ0) is 16.1. The van der Waals surface area contributed by atoms with Crippen molar-refractivity contribution in [2.45, 2.75) is 63.7 Å². The second kappa shape index (κ2) is 7.93. The van der Waals surface area contributed by atoms with Crippen molar-refractivity contribution in [1.82, 2.24) is 15.5 Å². The van der Waals surface area contributed by atoms with E-state index in [9.17, 15) is 4.79 Å². The minimum atomic E-state index is 0.0291. The van der Waals surface area contributed by atoms with Crippen LogP contribution in [-0.4, -0.2) is 42.0 Å². The molecule has 2 fully saturated rings. The van der Waals surface area contributed by atoms with Crippen LogP contribution in [0.25, 0.3) is 0 Å². The van der Waals surface area contributed by atoms with Crippen LogP contribution in [0.1, 0.15) is 44.6 Å². The van der Waals surface area contributed by atoms with Crippen LogP contribution in [0.4, 0.5) is 0 Å². The fourth-order valence-corrected chi connectivity index (χ4v) is 3.78. The van der Waals surface area contributed by atoms with Crippen molar-refractivity contribution in [2.75, 3.05) is 13.1 Å². The van der Waals surface area contributed by atoms with Gasteiger partial charge in [-0.1, -0.05) is 36.8 Å². The minimum absolute atomic E-state index is 0.0291. The molecule has 3 atom stereocenters. The number of nitrogens with one attached hydrogen (secondary N) is 2. The first-order valence-electron chi connectivity index (χ1n) is 9.04. The van der Waals surface area contributed by atoms with Gasteiger partial charge in [-0.25, -0.2) is 0 Å². The van der Waals surface area contributed by atoms with Gasteiger partial charge in [-0.3, -0.25) is 9.69 Å². The van der Waals surface area contributed by atoms with Gasteiger partial charge in [0.05, 0.1) is 6.04 Å². The molecule has 0 aliphatic carbocycles. The number of amides is 1. The van der Waals surface area contributed by atoms with E-state index in [1.807, 2.05) is 0 Å². The Labute approximate surface area is 139 Å². The van der Waals surface area contributed by atoms with Crippen molar-refractivity contribution in [2.24, 2.45) is 0 Å². The van der Waals surface area contributed by atoms with E-state index in [-0.39, 0.29) is 11.9 Å². The Kier molecular flexibility index (Phi) is 5.68. The fraction of sp³-hybridized carbons (Fsp3) is 0.632. The number of piperidine rings is 2. The summed E-state index contributed by atoms with van der Waals surface area (Å²) in [7, 11) is 0. The Morgan fingerprint density at radius 2 is 2.09 bits per heavy atom. The van der Waals surface area contributed by atoms with Crippen LogP contribution >= 0.6 is 0 Å². The summed E-state index contributed by atoms with van der Waals surface area (Å²) < 4.78 is 0. The molecule has 2 aliphatic rings. The van der Waals surface area contributed by atoms with Gasteiger partial charge in [0.1, 0.15) is 0 Å². The molecule has 2 unspecified atom stereocenters. The maximum atomic E-state index is 12.4. The third-order valence-corrected chi connectivity index (χ3v) is 5.22. The molecule has 1 aromatic carbocycles. The Bertz CT molecular complexity index is 499. The Balaban J connectivity index is 1.47. The van der Waals surface area contributed by atoms with E-state index < -0.39 is 0 Å². The number of rotatable bonds is 4. The highest BCUT2D eigenvalue weighted by Gasteiger charge is 2.28. The van der Waals surface area contributed by atoms with Gasteiger partial charge in [-0.05, 0) is 44.7 Å². The standard InChI is InChI=1S/C19H29N3O/c1-15-13-17(21-19(23)18-9-5-6-11-20-18)10-12-22(15)14-16-7-3-2-4-8-16/h2-4,7-8,15,17-18,20H,5-6,9-14H2,1H3,(H,21,23)/t15?,17?,18-/m1/s1. The zero-order valence-electron chi connectivity index (χ0n) is 14.1. The molecule has 2 N–H and O–H groups in total. The molecule has 126 valence electrons. The summed E-state index contributed by atoms with van der Waals surface area (Å²) in [6.07, 6.45) is 5.44. The van der Waals surface area contributed by atoms with Gasteiger partial charge in [0, 0.05) is 25.2 Å². The molecular weight excluding hydrogens is 286 g/mol. The van der Waals surface area contributed by atoms with Crippen molar-refractivity contribution in [1.29, 1.82) is 0 Å². The number of benzene rings is 1. The SMILES string of the molecule is CC1CC(NC(=O)[C@H]2CCCCN2)CCN1Cc1ccccc1. The quantitative estimate of drug-likeness (QED) is 0.896. The lowest BCUT2D eigenvalue weighted by molar-refractivity contribution is -0.124. The molecule has 0 bridgehead atoms. The number of likely N-dealkylation sites (tertiary alicyclic amines) is 1. The Morgan fingerprint density at radius 1 is 1.26 bits per heavy atom. The van der Waals surface area contributed by atoms with E-state index >= 15 is 0 Å². The van der Waals surface area contributed by atoms with Crippen LogP contribution in [0.15, 0.2) is 30.3 Å². The second-order valence-electron chi connectivity index (χ2n) is 7.04. The number of carbonyl (C=O) groups is 1. The first kappa shape index (κ1) is 16.5. The van der Waals surface area contributed by atoms with Crippen molar-refractivity contribution in [3.05, 3.63) is 35.9 Å². The molecule has 1 amide bonds. The molecule has 4 heteroatoms. The summed E-state index contributed by atoms with van der Waals surface area (Å²) in [5, 5.41) is 6.61. The smallest absolute Gasteiger partial charge is 0.237 e. The molecular formula is C19H29N3O. The predicted octanol–water partition coefficient (Wildman–Crippen LogP) is 2.30. The molecule has 2 heterocycles. The Hall–Kier alpha value is -1.39. The van der Waals surface area contributed by atoms with E-state index in [0.29, 0.717) is 12.1 Å². The molecule has 1 aromatic rings. The van der Waals surface area contributed by atoms with E-state index in [1.165, 1.54) is 12.0 Å². The molecule has 0 aromatic heterocycles. The molecule has 0 saturated carbocycles. The summed E-state index contributed by atoms with van der Waals surface area (Å²) in [5.74, 6) is 0.207. The monoisotopic (exact) mass is 315 g/mol. The van der Waals surface area contributed by atoms with Crippen molar-refractivity contribution < 1.29 is 4.79 Å². The zero-order valence-corrected chi connectivity index (χ0v) is 14.1. The van der Waals surface area contributed by atoms with Crippen LogP contribution in [0.5, 0.6) is 0 Å². The van der Waals surface area contributed by atoms with Gasteiger partial charge in [-0.15, -0.1) is 0 Å². The van der Waals surface area contributed by atoms with Crippen LogP contribution in [0.2, 0.25) is 0 Å². The summed E-state index contributed by atoms with van der Waals surface area (Å²) in [4.78, 5) is 14.9. The number of hydrogen-bond donors (Lipinski definition) is 2. The van der Waals surface area contributed by atoms with Crippen LogP contribution < -0.4 is 10.6 Å². The van der Waals surface area contributed by atoms with Gasteiger partial charge in [0.25, 0.3) is 0 Å². The van der Waals surface area contributed by atoms with E-state index in [0.717, 1.165) is 45.3 Å². The van der Waals surface area contributed by atoms with Gasteiger partial charge in [0.2, 0.25) is 5.91 Å². The Morgan fingerprint density at radius 3 is 2.78 bits per heavy atom.